The molecule has 0 aromatic heterocycles. The van der Waals surface area contributed by atoms with Crippen LogP contribution in [0.5, 0.6) is 0 Å². The SMILES string of the molecule is CCC1CC(C(Cc2ccccc2)/N=C/B=O)OC1=O. The van der Waals surface area contributed by atoms with E-state index in [1.54, 1.807) is 0 Å². The van der Waals surface area contributed by atoms with Crippen molar-refractivity contribution in [1.29, 1.82) is 0 Å². The van der Waals surface area contributed by atoms with Crippen molar-refractivity contribution >= 4 is 19.2 Å². The Morgan fingerprint density at radius 1 is 1.45 bits per heavy atom. The van der Waals surface area contributed by atoms with Crippen LogP contribution in [0.15, 0.2) is 35.3 Å². The van der Waals surface area contributed by atoms with E-state index in [1.807, 2.05) is 37.3 Å². The monoisotopic (exact) mass is 271 g/mol. The van der Waals surface area contributed by atoms with Crippen LogP contribution in [0.3, 0.4) is 0 Å². The van der Waals surface area contributed by atoms with Crippen LogP contribution >= 0.6 is 0 Å². The number of nitrogens with zero attached hydrogens (tertiary/aromatic N) is 1. The fourth-order valence-corrected chi connectivity index (χ4v) is 2.52. The van der Waals surface area contributed by atoms with Crippen molar-refractivity contribution in [2.75, 3.05) is 0 Å². The molecule has 0 spiro atoms. The Bertz CT molecular complexity index is 489. The van der Waals surface area contributed by atoms with E-state index in [1.165, 1.54) is 6.11 Å². The van der Waals surface area contributed by atoms with Crippen molar-refractivity contribution in [2.24, 2.45) is 10.9 Å². The molecule has 0 bridgehead atoms. The van der Waals surface area contributed by atoms with Crippen LogP contribution in [-0.4, -0.2) is 31.4 Å². The summed E-state index contributed by atoms with van der Waals surface area (Å²) in [6, 6.07) is 9.71. The summed E-state index contributed by atoms with van der Waals surface area (Å²) in [7, 11) is 0.659. The maximum absolute atomic E-state index is 11.7. The summed E-state index contributed by atoms with van der Waals surface area (Å²) in [5.41, 5.74) is 1.12. The standard InChI is InChI=1S/C15H18BNO3/c1-2-12-9-14(20-15(12)18)13(17-10-16-19)8-11-6-4-3-5-7-11/h3-7,10,12-14H,2,8-9H2,1H3/b17-10+. The average molecular weight is 271 g/mol. The summed E-state index contributed by atoms with van der Waals surface area (Å²) in [6.07, 6.45) is 3.15. The van der Waals surface area contributed by atoms with Crippen molar-refractivity contribution in [2.45, 2.75) is 38.3 Å². The van der Waals surface area contributed by atoms with E-state index in [9.17, 15) is 9.50 Å². The molecule has 3 atom stereocenters. The Labute approximate surface area is 119 Å². The molecule has 0 N–H and O–H groups in total. The molecule has 1 saturated heterocycles. The Hall–Kier alpha value is -1.78. The summed E-state index contributed by atoms with van der Waals surface area (Å²) in [5, 5.41) is 0. The molecule has 0 saturated carbocycles. The van der Waals surface area contributed by atoms with E-state index < -0.39 is 0 Å². The molecule has 3 unspecified atom stereocenters. The summed E-state index contributed by atoms with van der Waals surface area (Å²) >= 11 is 0. The number of hydrogen-bond acceptors (Lipinski definition) is 4. The van der Waals surface area contributed by atoms with Crippen LogP contribution in [0.4, 0.5) is 0 Å². The van der Waals surface area contributed by atoms with Gasteiger partial charge in [-0.15, -0.1) is 0 Å². The number of aliphatic imine (C=N–C) groups is 1. The Balaban J connectivity index is 2.10. The molecule has 1 aliphatic rings. The first-order valence-electron chi connectivity index (χ1n) is 6.96. The van der Waals surface area contributed by atoms with Gasteiger partial charge in [-0.25, -0.2) is 0 Å². The van der Waals surface area contributed by atoms with Gasteiger partial charge in [0.2, 0.25) is 0 Å². The van der Waals surface area contributed by atoms with Crippen LogP contribution in [0.2, 0.25) is 0 Å². The van der Waals surface area contributed by atoms with Crippen LogP contribution < -0.4 is 0 Å². The molecule has 104 valence electrons. The van der Waals surface area contributed by atoms with Crippen LogP contribution in [0.25, 0.3) is 0 Å². The van der Waals surface area contributed by atoms with E-state index in [0.717, 1.165) is 12.0 Å². The van der Waals surface area contributed by atoms with Gasteiger partial charge < -0.3 is 0 Å². The second kappa shape index (κ2) is 7.13. The number of rotatable bonds is 6. The minimum atomic E-state index is -0.233. The van der Waals surface area contributed by atoms with Gasteiger partial charge in [-0.1, -0.05) is 0 Å². The molecule has 0 radical (unpaired) electrons. The fourth-order valence-electron chi connectivity index (χ4n) is 2.52. The molecular weight excluding hydrogens is 253 g/mol. The van der Waals surface area contributed by atoms with Crippen molar-refractivity contribution in [1.82, 2.24) is 0 Å². The van der Waals surface area contributed by atoms with Crippen LogP contribution in [-0.2, 0) is 20.7 Å². The molecule has 20 heavy (non-hydrogen) atoms. The van der Waals surface area contributed by atoms with Crippen molar-refractivity contribution in [3.05, 3.63) is 35.9 Å². The molecule has 1 heterocycles. The van der Waals surface area contributed by atoms with E-state index in [-0.39, 0.29) is 24.0 Å². The predicted molar refractivity (Wildman–Crippen MR) is 77.1 cm³/mol. The molecule has 1 aromatic rings. The number of carbonyl (C=O) groups excluding carboxylic acids is 1. The van der Waals surface area contributed by atoms with Gasteiger partial charge in [-0.3, -0.25) is 0 Å². The average Bonchev–Trinajstić information content (AvgIpc) is 2.85. The molecule has 1 fully saturated rings. The van der Waals surface area contributed by atoms with Crippen molar-refractivity contribution in [3.63, 3.8) is 0 Å². The first-order valence-corrected chi connectivity index (χ1v) is 6.96. The van der Waals surface area contributed by atoms with Gasteiger partial charge in [0.1, 0.15) is 0 Å². The first kappa shape index (κ1) is 14.6. The third-order valence-corrected chi connectivity index (χ3v) is 3.67. The number of cyclic esters (lactones) is 1. The van der Waals surface area contributed by atoms with Gasteiger partial charge in [0.05, 0.1) is 0 Å². The summed E-state index contributed by atoms with van der Waals surface area (Å²) in [5.74, 6) is -0.179. The summed E-state index contributed by atoms with van der Waals surface area (Å²) in [6.45, 7) is 1.98. The van der Waals surface area contributed by atoms with Crippen molar-refractivity contribution < 1.29 is 14.2 Å². The first-order chi connectivity index (χ1) is 9.74. The van der Waals surface area contributed by atoms with Gasteiger partial charge in [-0.2, -0.15) is 0 Å². The van der Waals surface area contributed by atoms with Gasteiger partial charge in [0.15, 0.2) is 0 Å². The molecular formula is C15H18BNO3. The number of esters is 1. The molecule has 1 aromatic carbocycles. The molecule has 4 nitrogen and oxygen atoms in total. The van der Waals surface area contributed by atoms with Gasteiger partial charge >= 0.3 is 119 Å². The predicted octanol–water partition coefficient (Wildman–Crippen LogP) is 2.02. The number of hydrogen-bond donors (Lipinski definition) is 0. The molecule has 1 aliphatic heterocycles. The molecule has 0 amide bonds. The third kappa shape index (κ3) is 3.62. The zero-order valence-corrected chi connectivity index (χ0v) is 11.6. The van der Waals surface area contributed by atoms with Gasteiger partial charge in [-0.05, 0) is 0 Å². The zero-order chi connectivity index (χ0) is 14.4. The zero-order valence-electron chi connectivity index (χ0n) is 11.6. The van der Waals surface area contributed by atoms with Crippen molar-refractivity contribution in [3.8, 4) is 0 Å². The van der Waals surface area contributed by atoms with E-state index in [0.29, 0.717) is 20.0 Å². The Morgan fingerprint density at radius 3 is 2.80 bits per heavy atom. The molecule has 0 aliphatic carbocycles. The number of ether oxygens (including phenoxy) is 1. The normalized spacial score (nSPS) is 23.6. The maximum atomic E-state index is 11.7. The Kier molecular flexibility index (Phi) is 5.21. The van der Waals surface area contributed by atoms with E-state index in [2.05, 4.69) is 4.99 Å². The van der Waals surface area contributed by atoms with Gasteiger partial charge in [0, 0.05) is 0 Å². The van der Waals surface area contributed by atoms with Gasteiger partial charge in [0.25, 0.3) is 0 Å². The molecule has 5 heteroatoms. The minimum absolute atomic E-state index is 0.0373. The quantitative estimate of drug-likeness (QED) is 0.452. The number of benzene rings is 1. The fraction of sp³-hybridized carbons (Fsp3) is 0.467. The third-order valence-electron chi connectivity index (χ3n) is 3.67. The Morgan fingerprint density at radius 2 is 2.20 bits per heavy atom. The van der Waals surface area contributed by atoms with E-state index >= 15 is 0 Å². The second-order valence-electron chi connectivity index (χ2n) is 5.01. The van der Waals surface area contributed by atoms with Crippen LogP contribution in [0, 0.1) is 5.92 Å². The second-order valence-corrected chi connectivity index (χ2v) is 5.01. The summed E-state index contributed by atoms with van der Waals surface area (Å²) in [4.78, 5) is 16.0. The van der Waals surface area contributed by atoms with Crippen LogP contribution in [0.1, 0.15) is 25.3 Å². The summed E-state index contributed by atoms with van der Waals surface area (Å²) < 4.78 is 15.9. The topological polar surface area (TPSA) is 55.7 Å². The van der Waals surface area contributed by atoms with E-state index in [4.69, 9.17) is 4.74 Å². The number of carbonyl (C=O) groups is 1. The molecule has 2 rings (SSSR count).